The average Bonchev–Trinajstić information content (AvgIpc) is 1.85. The van der Waals surface area contributed by atoms with Gasteiger partial charge < -0.3 is 0 Å². The van der Waals surface area contributed by atoms with Gasteiger partial charge in [-0.05, 0) is 0 Å². The highest BCUT2D eigenvalue weighted by atomic mass is 127. The van der Waals surface area contributed by atoms with Crippen LogP contribution in [0.15, 0.2) is 0 Å². The first-order valence-corrected chi connectivity index (χ1v) is 10.8. The van der Waals surface area contributed by atoms with Crippen molar-refractivity contribution in [2.75, 3.05) is 0 Å². The Morgan fingerprint density at radius 3 is 2.00 bits per heavy atom. The molecule has 48 valence electrons. The van der Waals surface area contributed by atoms with Gasteiger partial charge in [0.25, 0.3) is 0 Å². The van der Waals surface area contributed by atoms with E-state index in [4.69, 9.17) is 0 Å². The highest BCUT2D eigenvalue weighted by molar-refractivity contribution is 14.1. The van der Waals surface area contributed by atoms with E-state index in [0.717, 1.165) is 46.6 Å². The second-order valence-corrected chi connectivity index (χ2v) is 6.96. The lowest BCUT2D eigenvalue weighted by atomic mass is 11.0. The summed E-state index contributed by atoms with van der Waals surface area (Å²) in [4.78, 5) is 12.7. The van der Waals surface area contributed by atoms with E-state index in [-0.39, 0.29) is 11.9 Å². The minimum atomic E-state index is -0.199. The maximum Gasteiger partial charge on any atom is 0.435 e. The maximum absolute atomic E-state index is 4.27. The number of halogens is 1. The largest absolute Gasteiger partial charge is 0.435 e. The van der Waals surface area contributed by atoms with Gasteiger partial charge in [0.1, 0.15) is 0 Å². The zero-order valence-corrected chi connectivity index (χ0v) is 13.5. The molecule has 0 atom stereocenters. The Hall–Kier alpha value is 1.34. The third-order valence-electron chi connectivity index (χ3n) is 1.02. The van der Waals surface area contributed by atoms with Crippen molar-refractivity contribution >= 4 is 78.8 Å². The SMILES string of the molecule is [AlH2][c]1n[c]([AlH2])n[c]([AlH][I])n1. The lowest BCUT2D eigenvalue weighted by Gasteiger charge is -1.98. The van der Waals surface area contributed by atoms with Crippen molar-refractivity contribution in [3.63, 3.8) is 0 Å². The highest BCUT2D eigenvalue weighted by Crippen LogP contribution is 1.68. The van der Waals surface area contributed by atoms with Crippen molar-refractivity contribution in [2.45, 2.75) is 0 Å². The van der Waals surface area contributed by atoms with E-state index in [1.165, 1.54) is 0 Å². The minimum absolute atomic E-state index is 0.199. The fraction of sp³-hybridized carbons (Fsp3) is 0. The van der Waals surface area contributed by atoms with E-state index in [2.05, 4.69) is 35.2 Å². The van der Waals surface area contributed by atoms with E-state index >= 15 is 0 Å². The second-order valence-electron chi connectivity index (χ2n) is 1.98. The van der Waals surface area contributed by atoms with Crippen LogP contribution in [0, 0.1) is 0 Å². The number of hydrogen-bond donors (Lipinski definition) is 0. The van der Waals surface area contributed by atoms with Crippen molar-refractivity contribution in [3.05, 3.63) is 0 Å². The zero-order valence-electron chi connectivity index (χ0n) is 5.93. The van der Waals surface area contributed by atoms with Gasteiger partial charge in [-0.3, -0.25) is 15.0 Å². The molecule has 0 bridgehead atoms. The van der Waals surface area contributed by atoms with Gasteiger partial charge >= 0.3 is 44.5 Å². The molecule has 0 saturated heterocycles. The summed E-state index contributed by atoms with van der Waals surface area (Å²) in [6.45, 7) is 0. The summed E-state index contributed by atoms with van der Waals surface area (Å²) >= 11 is 4.11. The van der Waals surface area contributed by atoms with Gasteiger partial charge in [0.15, 0.2) is 0 Å². The Kier molecular flexibility index (Phi) is 4.13. The molecule has 0 amide bonds. The average molecular weight is 291 g/mol. The van der Waals surface area contributed by atoms with Crippen LogP contribution in [0.5, 0.6) is 0 Å². The van der Waals surface area contributed by atoms with Gasteiger partial charge in [-0.15, -0.1) is 0 Å². The molecule has 7 heteroatoms. The number of hydrogen-bond acceptors (Lipinski definition) is 3. The van der Waals surface area contributed by atoms with Gasteiger partial charge in [-0.25, -0.2) is 20.3 Å². The standard InChI is InChI=1S/C3N3.3Al.HI.5H/c1-4-2-6-3-5-1;;;;;;;;;/h;;;;1H;;;;;/q;;;+1;;;;;;/p-1. The third-order valence-corrected chi connectivity index (χ3v) is 4.52. The predicted molar refractivity (Wildman–Crippen MR) is 57.0 cm³/mol. The summed E-state index contributed by atoms with van der Waals surface area (Å²) in [5, 5.41) is 0. The molecule has 0 radical (unpaired) electrons. The predicted octanol–water partition coefficient (Wildman–Crippen LogP) is -4.20. The smallest absolute Gasteiger partial charge is 0.260 e. The summed E-state index contributed by atoms with van der Waals surface area (Å²) in [7, 11) is 0. The molecule has 0 fully saturated rings. The number of nitrogens with zero attached hydrogens (tertiary/aromatic N) is 3. The molecule has 0 saturated carbocycles. The first-order valence-electron chi connectivity index (χ1n) is 2.96. The van der Waals surface area contributed by atoms with Crippen LogP contribution in [0.1, 0.15) is 0 Å². The third kappa shape index (κ3) is 2.76. The van der Waals surface area contributed by atoms with Crippen molar-refractivity contribution < 1.29 is 0 Å². The van der Waals surface area contributed by atoms with Gasteiger partial charge in [0, 0.05) is 9.37 Å². The molecule has 1 aromatic heterocycles. The fourth-order valence-electron chi connectivity index (χ4n) is 0.742. The molecule has 1 aromatic rings. The van der Waals surface area contributed by atoms with Crippen LogP contribution in [-0.4, -0.2) is 59.5 Å². The van der Waals surface area contributed by atoms with E-state index in [1.807, 2.05) is 0 Å². The molecule has 0 N–H and O–H groups in total. The Morgan fingerprint density at radius 2 is 1.60 bits per heavy atom. The van der Waals surface area contributed by atoms with Gasteiger partial charge in [-0.1, -0.05) is 0 Å². The number of rotatable bonds is 1. The van der Waals surface area contributed by atoms with Crippen LogP contribution in [0.3, 0.4) is 0 Å². The summed E-state index contributed by atoms with van der Waals surface area (Å²) in [6.07, 6.45) is 0. The molecular weight excluding hydrogens is 286 g/mol. The van der Waals surface area contributed by atoms with E-state index in [9.17, 15) is 0 Å². The Bertz CT molecular complexity index is 222. The van der Waals surface area contributed by atoms with Crippen molar-refractivity contribution in [1.29, 1.82) is 0 Å². The van der Waals surface area contributed by atoms with E-state index in [1.54, 1.807) is 0 Å². The Morgan fingerprint density at radius 1 is 1.10 bits per heavy atom. The van der Waals surface area contributed by atoms with Crippen LogP contribution in [0.25, 0.3) is 0 Å². The lowest BCUT2D eigenvalue weighted by Crippen LogP contribution is -2.38. The molecular formula is C3H5Al3IN3. The lowest BCUT2D eigenvalue weighted by molar-refractivity contribution is 1.19. The Labute approximate surface area is 92.7 Å². The second kappa shape index (κ2) is 4.38. The molecule has 1 rings (SSSR count). The zero-order chi connectivity index (χ0) is 7.56. The molecule has 10 heavy (non-hydrogen) atoms. The number of aromatic nitrogens is 3. The summed E-state index contributed by atoms with van der Waals surface area (Å²) in [6, 6.07) is 0. The van der Waals surface area contributed by atoms with Crippen LogP contribution in [-0.2, 0) is 0 Å². The molecule has 0 unspecified atom stereocenters. The van der Waals surface area contributed by atoms with Gasteiger partial charge in [0.2, 0.25) is 0 Å². The van der Waals surface area contributed by atoms with E-state index < -0.39 is 0 Å². The molecule has 3 nitrogen and oxygen atoms in total. The van der Waals surface area contributed by atoms with Gasteiger partial charge in [-0.2, -0.15) is 0 Å². The first-order chi connectivity index (χ1) is 4.72. The maximum atomic E-state index is 4.27. The molecule has 0 aliphatic rings. The molecule has 0 spiro atoms. The quantitative estimate of drug-likeness (QED) is 0.389. The van der Waals surface area contributed by atoms with Gasteiger partial charge in [0.05, 0.1) is 4.69 Å². The topological polar surface area (TPSA) is 38.7 Å². The van der Waals surface area contributed by atoms with Crippen molar-refractivity contribution in [3.8, 4) is 0 Å². The van der Waals surface area contributed by atoms with Crippen LogP contribution < -0.4 is 14.1 Å². The summed E-state index contributed by atoms with van der Waals surface area (Å²) < 4.78 is 3.10. The van der Waals surface area contributed by atoms with Crippen LogP contribution in [0.2, 0.25) is 0 Å². The normalized spacial score (nSPS) is 9.30. The molecule has 1 heterocycles. The first kappa shape index (κ1) is 9.43. The van der Waals surface area contributed by atoms with Crippen LogP contribution >= 0.6 is 20.3 Å². The monoisotopic (exact) mass is 291 g/mol. The molecule has 0 aliphatic heterocycles. The molecule has 0 aliphatic carbocycles. The van der Waals surface area contributed by atoms with E-state index in [0.29, 0.717) is 0 Å². The van der Waals surface area contributed by atoms with Crippen LogP contribution in [0.4, 0.5) is 0 Å². The summed E-state index contributed by atoms with van der Waals surface area (Å²) in [5.41, 5.74) is 0. The molecule has 0 aromatic carbocycles. The van der Waals surface area contributed by atoms with Crippen molar-refractivity contribution in [2.24, 2.45) is 0 Å². The Balaban J connectivity index is 3.06. The van der Waals surface area contributed by atoms with Crippen molar-refractivity contribution in [1.82, 2.24) is 15.0 Å². The highest BCUT2D eigenvalue weighted by Gasteiger charge is 1.98. The fourth-order valence-corrected chi connectivity index (χ4v) is 4.59. The summed E-state index contributed by atoms with van der Waals surface area (Å²) in [5.74, 6) is 0. The minimum Gasteiger partial charge on any atom is -0.260 e.